The number of aliphatic hydroxyl groups is 5. The van der Waals surface area contributed by atoms with Crippen LogP contribution in [0.15, 0.2) is 36.5 Å². The van der Waals surface area contributed by atoms with Crippen LogP contribution in [0, 0.1) is 0 Å². The molecule has 6 N–H and O–H groups in total. The van der Waals surface area contributed by atoms with Gasteiger partial charge in [0.15, 0.2) is 6.29 Å². The Hall–Kier alpha value is -2.12. The summed E-state index contributed by atoms with van der Waals surface area (Å²) in [5.74, 6) is -0.223. The van der Waals surface area contributed by atoms with E-state index in [1.54, 1.807) is 6.08 Å². The number of hydrogen-bond acceptors (Lipinski definition) is 10. The molecule has 0 aromatic rings. The van der Waals surface area contributed by atoms with Crippen LogP contribution in [0.2, 0.25) is 0 Å². The quantitative estimate of drug-likeness (QED) is 0.0196. The fraction of sp³-hybridized carbons (Fsp3) is 0.855. The molecule has 0 aromatic carbocycles. The monoisotopic (exact) mass is 936 g/mol. The third-order valence-electron chi connectivity index (χ3n) is 12.7. The number of unbranched alkanes of at least 4 members (excludes halogenated alkanes) is 28. The van der Waals surface area contributed by atoms with Crippen LogP contribution in [0.1, 0.15) is 239 Å². The number of nitrogens with one attached hydrogen (secondary N) is 1. The van der Waals surface area contributed by atoms with Gasteiger partial charge in [0.2, 0.25) is 5.91 Å². The Bertz CT molecular complexity index is 1190. The van der Waals surface area contributed by atoms with Crippen molar-refractivity contribution in [3.63, 3.8) is 0 Å². The third kappa shape index (κ3) is 35.1. The Morgan fingerprint density at radius 2 is 1.05 bits per heavy atom. The van der Waals surface area contributed by atoms with Gasteiger partial charge in [0.05, 0.1) is 32.0 Å². The van der Waals surface area contributed by atoms with Crippen molar-refractivity contribution < 1.29 is 49.3 Å². The molecule has 0 aliphatic carbocycles. The molecule has 0 aromatic heterocycles. The van der Waals surface area contributed by atoms with Gasteiger partial charge in [-0.25, -0.2) is 0 Å². The van der Waals surface area contributed by atoms with E-state index in [9.17, 15) is 35.1 Å². The zero-order chi connectivity index (χ0) is 48.1. The summed E-state index contributed by atoms with van der Waals surface area (Å²) in [5, 5.41) is 54.1. The van der Waals surface area contributed by atoms with Gasteiger partial charge in [-0.1, -0.05) is 204 Å². The van der Waals surface area contributed by atoms with E-state index in [1.807, 2.05) is 6.08 Å². The molecule has 0 spiro atoms. The van der Waals surface area contributed by atoms with Crippen molar-refractivity contribution in [1.29, 1.82) is 0 Å². The zero-order valence-electron chi connectivity index (χ0n) is 42.2. The van der Waals surface area contributed by atoms with E-state index in [4.69, 9.17) is 14.2 Å². The number of esters is 1. The Morgan fingerprint density at radius 1 is 0.561 bits per heavy atom. The number of aliphatic hydroxyl groups excluding tert-OH is 5. The lowest BCUT2D eigenvalue weighted by atomic mass is 9.99. The second-order valence-electron chi connectivity index (χ2n) is 18.9. The highest BCUT2D eigenvalue weighted by Gasteiger charge is 2.44. The summed E-state index contributed by atoms with van der Waals surface area (Å²) in [7, 11) is 0. The van der Waals surface area contributed by atoms with Gasteiger partial charge in [-0.2, -0.15) is 0 Å². The van der Waals surface area contributed by atoms with E-state index in [2.05, 4.69) is 43.5 Å². The molecule has 11 heteroatoms. The Balaban J connectivity index is 2.08. The number of carbonyl (C=O) groups is 2. The van der Waals surface area contributed by atoms with Gasteiger partial charge < -0.3 is 45.1 Å². The summed E-state index contributed by atoms with van der Waals surface area (Å²) in [4.78, 5) is 25.0. The summed E-state index contributed by atoms with van der Waals surface area (Å²) in [6.07, 6.45) is 43.7. The summed E-state index contributed by atoms with van der Waals surface area (Å²) in [6, 6.07) is -0.814. The van der Waals surface area contributed by atoms with Crippen LogP contribution < -0.4 is 5.32 Å². The second-order valence-corrected chi connectivity index (χ2v) is 18.9. The normalized spacial score (nSPS) is 19.9. The number of carbonyl (C=O) groups excluding carboxylic acids is 2. The SMILES string of the molecule is CCC/C=C\C/C=C\CCCCCCCC(=O)OCCCCCCCCCCCCCCCCCCC(=O)NC(COC1OC(CO)C(O)C(O)C1O)C(O)/C=C/CCCCCCCCC. The van der Waals surface area contributed by atoms with Crippen LogP contribution in [0.5, 0.6) is 0 Å². The van der Waals surface area contributed by atoms with Gasteiger partial charge in [0.1, 0.15) is 24.4 Å². The van der Waals surface area contributed by atoms with Crippen molar-refractivity contribution in [3.05, 3.63) is 36.5 Å². The van der Waals surface area contributed by atoms with Crippen molar-refractivity contribution in [2.75, 3.05) is 19.8 Å². The van der Waals surface area contributed by atoms with Gasteiger partial charge in [-0.15, -0.1) is 0 Å². The molecule has 66 heavy (non-hydrogen) atoms. The van der Waals surface area contributed by atoms with E-state index >= 15 is 0 Å². The highest BCUT2D eigenvalue weighted by atomic mass is 16.7. The molecule has 7 unspecified atom stereocenters. The van der Waals surface area contributed by atoms with Crippen LogP contribution >= 0.6 is 0 Å². The molecular weight excluding hydrogens is 835 g/mol. The van der Waals surface area contributed by atoms with Crippen LogP contribution in [-0.4, -0.2) is 100 Å². The van der Waals surface area contributed by atoms with E-state index in [-0.39, 0.29) is 18.5 Å². The molecule has 1 aliphatic rings. The molecule has 1 heterocycles. The minimum Gasteiger partial charge on any atom is -0.466 e. The average molecular weight is 936 g/mol. The third-order valence-corrected chi connectivity index (χ3v) is 12.7. The fourth-order valence-electron chi connectivity index (χ4n) is 8.35. The first kappa shape index (κ1) is 61.9. The highest BCUT2D eigenvalue weighted by Crippen LogP contribution is 2.23. The Morgan fingerprint density at radius 3 is 1.59 bits per heavy atom. The summed E-state index contributed by atoms with van der Waals surface area (Å²) < 4.78 is 16.6. The average Bonchev–Trinajstić information content (AvgIpc) is 3.31. The van der Waals surface area contributed by atoms with Crippen LogP contribution in [-0.2, 0) is 23.8 Å². The van der Waals surface area contributed by atoms with Gasteiger partial charge in [0.25, 0.3) is 0 Å². The standard InChI is InChI=1S/C55H101NO10/c1-3-5-7-9-11-13-14-19-23-27-31-35-39-43-51(60)64-44-40-36-32-28-24-21-18-16-15-17-20-22-26-30-34-38-42-50(59)56-47(48(58)41-37-33-29-25-12-10-8-6-4-2)46-65-55-54(63)53(62)52(61)49(45-57)66-55/h7,9,13-14,37,41,47-49,52-55,57-58,61-63H,3-6,8,10-12,15-36,38-40,42-46H2,1-2H3,(H,56,59)/b9-7-,14-13-,41-37+. The Labute approximate surface area is 403 Å². The number of hydrogen-bond donors (Lipinski definition) is 6. The lowest BCUT2D eigenvalue weighted by Gasteiger charge is -2.40. The topological polar surface area (TPSA) is 175 Å². The molecule has 11 nitrogen and oxygen atoms in total. The lowest BCUT2D eigenvalue weighted by molar-refractivity contribution is -0.302. The van der Waals surface area contributed by atoms with Crippen LogP contribution in [0.3, 0.4) is 0 Å². The maximum atomic E-state index is 13.0. The van der Waals surface area contributed by atoms with E-state index in [0.29, 0.717) is 19.4 Å². The molecule has 1 amide bonds. The van der Waals surface area contributed by atoms with Gasteiger partial charge in [-0.3, -0.25) is 9.59 Å². The maximum absolute atomic E-state index is 13.0. The van der Waals surface area contributed by atoms with Gasteiger partial charge in [0, 0.05) is 12.8 Å². The molecule has 0 radical (unpaired) electrons. The number of ether oxygens (including phenoxy) is 3. The van der Waals surface area contributed by atoms with Gasteiger partial charge in [-0.05, 0) is 57.8 Å². The van der Waals surface area contributed by atoms with Crippen LogP contribution in [0.25, 0.3) is 0 Å². The molecule has 1 rings (SSSR count). The number of amides is 1. The molecule has 1 aliphatic heterocycles. The van der Waals surface area contributed by atoms with Crippen LogP contribution in [0.4, 0.5) is 0 Å². The smallest absolute Gasteiger partial charge is 0.305 e. The molecular formula is C55H101NO10. The van der Waals surface area contributed by atoms with Crippen molar-refractivity contribution in [2.45, 2.75) is 281 Å². The van der Waals surface area contributed by atoms with Crippen molar-refractivity contribution in [3.8, 4) is 0 Å². The predicted octanol–water partition coefficient (Wildman–Crippen LogP) is 11.6. The van der Waals surface area contributed by atoms with Crippen molar-refractivity contribution >= 4 is 11.9 Å². The first-order valence-electron chi connectivity index (χ1n) is 27.3. The summed E-state index contributed by atoms with van der Waals surface area (Å²) in [6.45, 7) is 4.21. The first-order valence-corrected chi connectivity index (χ1v) is 27.3. The largest absolute Gasteiger partial charge is 0.466 e. The summed E-state index contributed by atoms with van der Waals surface area (Å²) in [5.41, 5.74) is 0. The number of allylic oxidation sites excluding steroid dienone is 5. The second kappa shape index (κ2) is 45.3. The highest BCUT2D eigenvalue weighted by molar-refractivity contribution is 5.76. The number of rotatable bonds is 46. The summed E-state index contributed by atoms with van der Waals surface area (Å²) >= 11 is 0. The molecule has 1 saturated heterocycles. The van der Waals surface area contributed by atoms with Gasteiger partial charge >= 0.3 is 5.97 Å². The molecule has 7 atom stereocenters. The minimum absolute atomic E-state index is 0.0309. The lowest BCUT2D eigenvalue weighted by Crippen LogP contribution is -2.60. The van der Waals surface area contributed by atoms with E-state index in [1.165, 1.54) is 128 Å². The molecule has 1 fully saturated rings. The molecule has 0 saturated carbocycles. The van der Waals surface area contributed by atoms with E-state index in [0.717, 1.165) is 83.5 Å². The molecule has 386 valence electrons. The predicted molar refractivity (Wildman–Crippen MR) is 269 cm³/mol. The van der Waals surface area contributed by atoms with Crippen molar-refractivity contribution in [2.24, 2.45) is 0 Å². The Kier molecular flexibility index (Phi) is 42.5. The fourth-order valence-corrected chi connectivity index (χ4v) is 8.35. The van der Waals surface area contributed by atoms with E-state index < -0.39 is 49.5 Å². The minimum atomic E-state index is -1.57. The first-order chi connectivity index (χ1) is 32.2. The molecule has 0 bridgehead atoms. The van der Waals surface area contributed by atoms with Crippen molar-refractivity contribution in [1.82, 2.24) is 5.32 Å². The zero-order valence-corrected chi connectivity index (χ0v) is 42.2. The maximum Gasteiger partial charge on any atom is 0.305 e.